The van der Waals surface area contributed by atoms with E-state index in [1.807, 2.05) is 30.3 Å². The van der Waals surface area contributed by atoms with Crippen LogP contribution in [0.25, 0.3) is 10.2 Å². The van der Waals surface area contributed by atoms with Crippen molar-refractivity contribution in [1.29, 1.82) is 0 Å². The van der Waals surface area contributed by atoms with Crippen LogP contribution in [0.1, 0.15) is 5.56 Å². The maximum Gasteiger partial charge on any atom is 0.307 e. The molecule has 0 bridgehead atoms. The maximum absolute atomic E-state index is 12.7. The third-order valence-corrected chi connectivity index (χ3v) is 6.80. The molecule has 0 aliphatic heterocycles. The summed E-state index contributed by atoms with van der Waals surface area (Å²) in [6, 6.07) is 21.2. The average Bonchev–Trinajstić information content (AvgIpc) is 3.01. The second-order valence-electron chi connectivity index (χ2n) is 6.46. The fourth-order valence-electron chi connectivity index (χ4n) is 2.86. The van der Waals surface area contributed by atoms with Gasteiger partial charge in [-0.25, -0.2) is 8.42 Å². The Bertz CT molecular complexity index is 1310. The van der Waals surface area contributed by atoms with Gasteiger partial charge in [-0.05, 0) is 48.0 Å². The van der Waals surface area contributed by atoms with Crippen LogP contribution in [0.2, 0.25) is 0 Å². The smallest absolute Gasteiger partial charge is 0.307 e. The van der Waals surface area contributed by atoms with Crippen molar-refractivity contribution in [1.82, 2.24) is 4.57 Å². The zero-order valence-corrected chi connectivity index (χ0v) is 17.2. The van der Waals surface area contributed by atoms with Crippen molar-refractivity contribution in [3.8, 4) is 5.75 Å². The van der Waals surface area contributed by atoms with Gasteiger partial charge in [0.25, 0.3) is 10.0 Å². The molecule has 0 saturated heterocycles. The van der Waals surface area contributed by atoms with Gasteiger partial charge in [0.15, 0.2) is 0 Å². The molecule has 148 valence electrons. The lowest BCUT2D eigenvalue weighted by atomic mass is 10.2. The zero-order valence-electron chi connectivity index (χ0n) is 15.5. The maximum atomic E-state index is 12.7. The number of hydrogen-bond acceptors (Lipinski definition) is 5. The highest BCUT2D eigenvalue weighted by molar-refractivity contribution is 7.92. The van der Waals surface area contributed by atoms with Gasteiger partial charge in [-0.2, -0.15) is 0 Å². The van der Waals surface area contributed by atoms with Crippen molar-refractivity contribution < 1.29 is 13.2 Å². The molecule has 4 rings (SSSR count). The quantitative estimate of drug-likeness (QED) is 0.506. The van der Waals surface area contributed by atoms with E-state index in [9.17, 15) is 13.2 Å². The van der Waals surface area contributed by atoms with Crippen LogP contribution in [-0.2, 0) is 23.7 Å². The first-order valence-electron chi connectivity index (χ1n) is 8.81. The third kappa shape index (κ3) is 4.18. The van der Waals surface area contributed by atoms with E-state index < -0.39 is 10.0 Å². The van der Waals surface area contributed by atoms with Gasteiger partial charge in [0, 0.05) is 12.7 Å². The van der Waals surface area contributed by atoms with Gasteiger partial charge in [0.1, 0.15) is 12.4 Å². The van der Waals surface area contributed by atoms with E-state index in [1.165, 1.54) is 16.7 Å². The van der Waals surface area contributed by atoms with E-state index in [0.717, 1.165) is 16.9 Å². The van der Waals surface area contributed by atoms with Gasteiger partial charge in [-0.15, -0.1) is 0 Å². The molecule has 0 radical (unpaired) electrons. The van der Waals surface area contributed by atoms with E-state index in [-0.39, 0.29) is 9.77 Å². The summed E-state index contributed by atoms with van der Waals surface area (Å²) in [6.07, 6.45) is 0. The Balaban J connectivity index is 1.48. The van der Waals surface area contributed by atoms with Crippen molar-refractivity contribution in [2.24, 2.45) is 7.05 Å². The summed E-state index contributed by atoms with van der Waals surface area (Å²) in [7, 11) is -2.11. The molecule has 8 heteroatoms. The molecule has 0 aliphatic rings. The lowest BCUT2D eigenvalue weighted by Gasteiger charge is -2.10. The summed E-state index contributed by atoms with van der Waals surface area (Å²) < 4.78 is 35.8. The molecule has 0 amide bonds. The number of fused-ring (bicyclic) bond motifs is 1. The number of sulfonamides is 1. The molecule has 0 unspecified atom stereocenters. The molecule has 0 saturated carbocycles. The van der Waals surface area contributed by atoms with Crippen molar-refractivity contribution in [2.75, 3.05) is 4.72 Å². The summed E-state index contributed by atoms with van der Waals surface area (Å²) in [4.78, 5) is 11.7. The first-order valence-corrected chi connectivity index (χ1v) is 11.1. The zero-order chi connectivity index (χ0) is 20.4. The number of aryl methyl sites for hydroxylation is 1. The third-order valence-electron chi connectivity index (χ3n) is 4.43. The lowest BCUT2D eigenvalue weighted by molar-refractivity contribution is 0.306. The van der Waals surface area contributed by atoms with Crippen LogP contribution >= 0.6 is 11.3 Å². The molecule has 0 atom stereocenters. The van der Waals surface area contributed by atoms with Crippen LogP contribution in [0.4, 0.5) is 5.69 Å². The molecule has 0 aliphatic carbocycles. The minimum Gasteiger partial charge on any atom is -0.489 e. The fourth-order valence-corrected chi connectivity index (χ4v) is 4.93. The molecule has 0 fully saturated rings. The van der Waals surface area contributed by atoms with Crippen LogP contribution in [0.15, 0.2) is 82.5 Å². The number of nitrogens with one attached hydrogen (secondary N) is 1. The minimum absolute atomic E-state index is 0.108. The van der Waals surface area contributed by atoms with Crippen molar-refractivity contribution >= 4 is 37.3 Å². The second kappa shape index (κ2) is 7.73. The number of aromatic nitrogens is 1. The van der Waals surface area contributed by atoms with E-state index in [0.29, 0.717) is 28.3 Å². The standard InChI is InChI=1S/C21H18N2O4S2/c1-23-19-12-11-18(13-20(19)28-21(23)24)29(25,26)22-16-7-9-17(10-8-16)27-14-15-5-3-2-4-6-15/h2-13,22H,14H2,1H3. The first kappa shape index (κ1) is 19.2. The molecule has 1 aromatic heterocycles. The predicted molar refractivity (Wildman–Crippen MR) is 115 cm³/mol. The molecule has 1 heterocycles. The summed E-state index contributed by atoms with van der Waals surface area (Å²) in [5.74, 6) is 0.646. The van der Waals surface area contributed by atoms with Crippen LogP contribution in [0.5, 0.6) is 5.75 Å². The Morgan fingerprint density at radius 3 is 2.45 bits per heavy atom. The largest absolute Gasteiger partial charge is 0.489 e. The number of thiazole rings is 1. The van der Waals surface area contributed by atoms with Crippen molar-refractivity contribution in [2.45, 2.75) is 11.5 Å². The number of anilines is 1. The van der Waals surface area contributed by atoms with Crippen LogP contribution in [-0.4, -0.2) is 13.0 Å². The number of ether oxygens (including phenoxy) is 1. The highest BCUT2D eigenvalue weighted by Crippen LogP contribution is 2.24. The molecule has 4 aromatic rings. The van der Waals surface area contributed by atoms with Crippen LogP contribution < -0.4 is 14.3 Å². The second-order valence-corrected chi connectivity index (χ2v) is 9.14. The number of hydrogen-bond donors (Lipinski definition) is 1. The monoisotopic (exact) mass is 426 g/mol. The van der Waals surface area contributed by atoms with Gasteiger partial charge >= 0.3 is 4.87 Å². The number of nitrogens with zero attached hydrogens (tertiary/aromatic N) is 1. The Kier molecular flexibility index (Phi) is 5.12. The minimum atomic E-state index is -3.77. The molecular formula is C21H18N2O4S2. The van der Waals surface area contributed by atoms with Crippen LogP contribution in [0, 0.1) is 0 Å². The normalized spacial score (nSPS) is 11.5. The van der Waals surface area contributed by atoms with Gasteiger partial charge in [-0.1, -0.05) is 41.7 Å². The van der Waals surface area contributed by atoms with Gasteiger partial charge in [0.2, 0.25) is 0 Å². The molecular weight excluding hydrogens is 408 g/mol. The van der Waals surface area contributed by atoms with Gasteiger partial charge < -0.3 is 9.30 Å². The van der Waals surface area contributed by atoms with Crippen molar-refractivity contribution in [3.05, 3.63) is 88.0 Å². The highest BCUT2D eigenvalue weighted by atomic mass is 32.2. The fraction of sp³-hybridized carbons (Fsp3) is 0.0952. The summed E-state index contributed by atoms with van der Waals surface area (Å²) in [5, 5.41) is 0. The number of rotatable bonds is 6. The van der Waals surface area contributed by atoms with E-state index >= 15 is 0 Å². The average molecular weight is 427 g/mol. The first-order chi connectivity index (χ1) is 13.9. The summed E-state index contributed by atoms with van der Waals surface area (Å²) in [5.41, 5.74) is 2.19. The number of benzene rings is 3. The molecule has 6 nitrogen and oxygen atoms in total. The molecule has 3 aromatic carbocycles. The Morgan fingerprint density at radius 2 is 1.72 bits per heavy atom. The Hall–Kier alpha value is -3.10. The SMILES string of the molecule is Cn1c(=O)sc2cc(S(=O)(=O)Nc3ccc(OCc4ccccc4)cc3)ccc21. The van der Waals surface area contributed by atoms with Crippen LogP contribution in [0.3, 0.4) is 0 Å². The lowest BCUT2D eigenvalue weighted by Crippen LogP contribution is -2.12. The van der Waals surface area contributed by atoms with Gasteiger partial charge in [0.05, 0.1) is 15.1 Å². The van der Waals surface area contributed by atoms with Crippen molar-refractivity contribution in [3.63, 3.8) is 0 Å². The summed E-state index contributed by atoms with van der Waals surface area (Å²) in [6.45, 7) is 0.436. The molecule has 1 N–H and O–H groups in total. The summed E-state index contributed by atoms with van der Waals surface area (Å²) >= 11 is 1.02. The van der Waals surface area contributed by atoms with E-state index in [1.54, 1.807) is 37.4 Å². The molecule has 0 spiro atoms. The van der Waals surface area contributed by atoms with Gasteiger partial charge in [-0.3, -0.25) is 9.52 Å². The Morgan fingerprint density at radius 1 is 1.00 bits per heavy atom. The molecule has 29 heavy (non-hydrogen) atoms. The van der Waals surface area contributed by atoms with E-state index in [4.69, 9.17) is 4.74 Å². The topological polar surface area (TPSA) is 77.4 Å². The predicted octanol–water partition coefficient (Wildman–Crippen LogP) is 3.98. The van der Waals surface area contributed by atoms with E-state index in [2.05, 4.69) is 4.72 Å². The highest BCUT2D eigenvalue weighted by Gasteiger charge is 2.16. The Labute approximate surface area is 172 Å².